The first kappa shape index (κ1) is 20.9. The quantitative estimate of drug-likeness (QED) is 0.749. The Morgan fingerprint density at radius 2 is 1.85 bits per heavy atom. The number of carbonyl (C=O) groups is 1. The summed E-state index contributed by atoms with van der Waals surface area (Å²) < 4.78 is 45.5. The van der Waals surface area contributed by atoms with Crippen LogP contribution in [0.3, 0.4) is 0 Å². The number of amides is 1. The van der Waals surface area contributed by atoms with E-state index in [-0.39, 0.29) is 18.2 Å². The van der Waals surface area contributed by atoms with Gasteiger partial charge in [-0.1, -0.05) is 11.6 Å². The second kappa shape index (κ2) is 8.96. The molecule has 0 fully saturated rings. The minimum Gasteiger partial charge on any atom is -0.496 e. The van der Waals surface area contributed by atoms with E-state index in [1.54, 1.807) is 37.3 Å². The largest absolute Gasteiger partial charge is 0.573 e. The minimum absolute atomic E-state index is 0.0659. The van der Waals surface area contributed by atoms with Crippen molar-refractivity contribution in [1.29, 1.82) is 0 Å². The first-order valence-electron chi connectivity index (χ1n) is 7.83. The van der Waals surface area contributed by atoms with Crippen LogP contribution in [0.2, 0.25) is 5.02 Å². The predicted octanol–water partition coefficient (Wildman–Crippen LogP) is 4.32. The molecule has 2 rings (SSSR count). The van der Waals surface area contributed by atoms with Crippen molar-refractivity contribution >= 4 is 23.2 Å². The van der Waals surface area contributed by atoms with Crippen LogP contribution in [0.4, 0.5) is 18.9 Å². The third kappa shape index (κ3) is 6.99. The molecule has 0 radical (unpaired) electrons. The van der Waals surface area contributed by atoms with Gasteiger partial charge in [0.05, 0.1) is 13.7 Å². The molecule has 27 heavy (non-hydrogen) atoms. The summed E-state index contributed by atoms with van der Waals surface area (Å²) in [6.07, 6.45) is -4.76. The summed E-state index contributed by atoms with van der Waals surface area (Å²) in [5.74, 6) is -0.0134. The van der Waals surface area contributed by atoms with Crippen molar-refractivity contribution in [2.45, 2.75) is 12.9 Å². The van der Waals surface area contributed by atoms with Crippen molar-refractivity contribution in [3.63, 3.8) is 0 Å². The van der Waals surface area contributed by atoms with Crippen LogP contribution < -0.4 is 14.8 Å². The van der Waals surface area contributed by atoms with Gasteiger partial charge in [0.25, 0.3) is 0 Å². The molecule has 0 saturated carbocycles. The van der Waals surface area contributed by atoms with Crippen LogP contribution in [0.15, 0.2) is 42.5 Å². The fraction of sp³-hybridized carbons (Fsp3) is 0.278. The number of carbonyl (C=O) groups excluding carboxylic acids is 1. The van der Waals surface area contributed by atoms with Crippen molar-refractivity contribution in [2.75, 3.05) is 26.0 Å². The molecule has 2 aromatic rings. The Morgan fingerprint density at radius 3 is 2.44 bits per heavy atom. The second-order valence-electron chi connectivity index (χ2n) is 5.75. The summed E-state index contributed by atoms with van der Waals surface area (Å²) in [6.45, 7) is 0.492. The Labute approximate surface area is 159 Å². The Bertz CT molecular complexity index is 782. The van der Waals surface area contributed by atoms with Gasteiger partial charge in [-0.15, -0.1) is 13.2 Å². The van der Waals surface area contributed by atoms with Crippen LogP contribution in [0, 0.1) is 0 Å². The van der Waals surface area contributed by atoms with E-state index in [9.17, 15) is 18.0 Å². The van der Waals surface area contributed by atoms with Crippen molar-refractivity contribution in [3.05, 3.63) is 53.1 Å². The number of hydrogen-bond acceptors (Lipinski definition) is 4. The molecule has 5 nitrogen and oxygen atoms in total. The molecule has 0 atom stereocenters. The standard InChI is InChI=1S/C18H18ClF3N2O3/c1-24(10-12-9-13(19)3-8-16(12)26-2)11-17(25)23-14-4-6-15(7-5-14)27-18(20,21)22/h3-9H,10-11H2,1-2H3,(H,23,25). The maximum atomic E-state index is 12.1. The number of alkyl halides is 3. The minimum atomic E-state index is -4.76. The fourth-order valence-electron chi connectivity index (χ4n) is 2.40. The molecule has 9 heteroatoms. The molecular weight excluding hydrogens is 385 g/mol. The summed E-state index contributed by atoms with van der Waals surface area (Å²) in [4.78, 5) is 13.9. The van der Waals surface area contributed by atoms with Gasteiger partial charge < -0.3 is 14.8 Å². The predicted molar refractivity (Wildman–Crippen MR) is 96.1 cm³/mol. The number of nitrogens with zero attached hydrogens (tertiary/aromatic N) is 1. The number of nitrogens with one attached hydrogen (secondary N) is 1. The summed E-state index contributed by atoms with van der Waals surface area (Å²) >= 11 is 5.99. The van der Waals surface area contributed by atoms with Gasteiger partial charge in [-0.05, 0) is 49.5 Å². The highest BCUT2D eigenvalue weighted by molar-refractivity contribution is 6.30. The Morgan fingerprint density at radius 1 is 1.19 bits per heavy atom. The summed E-state index contributed by atoms with van der Waals surface area (Å²) in [5, 5.41) is 3.17. The van der Waals surface area contributed by atoms with Crippen LogP contribution in [0.1, 0.15) is 5.56 Å². The van der Waals surface area contributed by atoms with E-state index in [0.717, 1.165) is 17.7 Å². The van der Waals surface area contributed by atoms with Gasteiger partial charge >= 0.3 is 6.36 Å². The number of benzene rings is 2. The van der Waals surface area contributed by atoms with Gasteiger partial charge in [0, 0.05) is 22.8 Å². The van der Waals surface area contributed by atoms with E-state index in [1.165, 1.54) is 12.1 Å². The number of ether oxygens (including phenoxy) is 2. The van der Waals surface area contributed by atoms with Gasteiger partial charge in [-0.25, -0.2) is 0 Å². The molecule has 2 aromatic carbocycles. The maximum Gasteiger partial charge on any atom is 0.573 e. The molecule has 0 saturated heterocycles. The van der Waals surface area contributed by atoms with Crippen molar-refractivity contribution in [3.8, 4) is 11.5 Å². The zero-order valence-corrected chi connectivity index (χ0v) is 15.4. The smallest absolute Gasteiger partial charge is 0.496 e. The maximum absolute atomic E-state index is 12.1. The average Bonchev–Trinajstić information content (AvgIpc) is 2.55. The molecule has 1 amide bonds. The zero-order valence-electron chi connectivity index (χ0n) is 14.6. The monoisotopic (exact) mass is 402 g/mol. The Balaban J connectivity index is 1.90. The molecule has 0 unspecified atom stereocenters. The van der Waals surface area contributed by atoms with Gasteiger partial charge in [0.15, 0.2) is 0 Å². The first-order valence-corrected chi connectivity index (χ1v) is 8.20. The van der Waals surface area contributed by atoms with E-state index in [1.807, 2.05) is 0 Å². The molecular formula is C18H18ClF3N2O3. The van der Waals surface area contributed by atoms with Crippen molar-refractivity contribution in [2.24, 2.45) is 0 Å². The summed E-state index contributed by atoms with van der Waals surface area (Å²) in [7, 11) is 3.30. The van der Waals surface area contributed by atoms with Crippen LogP contribution in [-0.4, -0.2) is 37.9 Å². The van der Waals surface area contributed by atoms with E-state index < -0.39 is 6.36 Å². The Hall–Kier alpha value is -2.45. The van der Waals surface area contributed by atoms with Gasteiger partial charge in [0.1, 0.15) is 11.5 Å². The SMILES string of the molecule is COc1ccc(Cl)cc1CN(C)CC(=O)Nc1ccc(OC(F)(F)F)cc1. The normalized spacial score (nSPS) is 11.4. The number of methoxy groups -OCH3 is 1. The summed E-state index contributed by atoms with van der Waals surface area (Å²) in [6, 6.07) is 10.1. The van der Waals surface area contributed by atoms with Crippen LogP contribution in [0.25, 0.3) is 0 Å². The molecule has 0 bridgehead atoms. The van der Waals surface area contributed by atoms with Crippen molar-refractivity contribution in [1.82, 2.24) is 4.90 Å². The molecule has 1 N–H and O–H groups in total. The molecule has 0 aliphatic carbocycles. The van der Waals surface area contributed by atoms with E-state index in [4.69, 9.17) is 16.3 Å². The lowest BCUT2D eigenvalue weighted by Gasteiger charge is -2.18. The van der Waals surface area contributed by atoms with Crippen LogP contribution in [0.5, 0.6) is 11.5 Å². The molecule has 0 aliphatic rings. The van der Waals surface area contributed by atoms with Gasteiger partial charge in [-0.2, -0.15) is 0 Å². The lowest BCUT2D eigenvalue weighted by Crippen LogP contribution is -2.30. The Kier molecular flexibility index (Phi) is 6.92. The topological polar surface area (TPSA) is 50.8 Å². The van der Waals surface area contributed by atoms with Gasteiger partial charge in [0.2, 0.25) is 5.91 Å². The second-order valence-corrected chi connectivity index (χ2v) is 6.19. The number of anilines is 1. The average molecular weight is 403 g/mol. The lowest BCUT2D eigenvalue weighted by molar-refractivity contribution is -0.274. The van der Waals surface area contributed by atoms with E-state index >= 15 is 0 Å². The van der Waals surface area contributed by atoms with E-state index in [0.29, 0.717) is 23.0 Å². The number of halogens is 4. The van der Waals surface area contributed by atoms with Crippen LogP contribution in [-0.2, 0) is 11.3 Å². The highest BCUT2D eigenvalue weighted by Gasteiger charge is 2.30. The first-order chi connectivity index (χ1) is 12.7. The number of rotatable bonds is 7. The number of hydrogen-bond donors (Lipinski definition) is 1. The number of likely N-dealkylation sites (N-methyl/N-ethyl adjacent to an activating group) is 1. The third-order valence-electron chi connectivity index (χ3n) is 3.47. The van der Waals surface area contributed by atoms with Gasteiger partial charge in [-0.3, -0.25) is 9.69 Å². The molecule has 0 aliphatic heterocycles. The van der Waals surface area contributed by atoms with Crippen LogP contribution >= 0.6 is 11.6 Å². The third-order valence-corrected chi connectivity index (χ3v) is 3.70. The molecule has 0 aromatic heterocycles. The molecule has 0 heterocycles. The summed E-state index contributed by atoms with van der Waals surface area (Å²) in [5.41, 5.74) is 1.19. The zero-order chi connectivity index (χ0) is 20.0. The molecule has 146 valence electrons. The fourth-order valence-corrected chi connectivity index (χ4v) is 2.60. The highest BCUT2D eigenvalue weighted by Crippen LogP contribution is 2.25. The highest BCUT2D eigenvalue weighted by atomic mass is 35.5. The lowest BCUT2D eigenvalue weighted by atomic mass is 10.2. The van der Waals surface area contributed by atoms with E-state index in [2.05, 4.69) is 10.1 Å². The van der Waals surface area contributed by atoms with Crippen molar-refractivity contribution < 1.29 is 27.4 Å². The molecule has 0 spiro atoms.